The van der Waals surface area contributed by atoms with Crippen LogP contribution in [0.5, 0.6) is 0 Å². The van der Waals surface area contributed by atoms with Gasteiger partial charge in [0.25, 0.3) is 0 Å². The fraction of sp³-hybridized carbons (Fsp3) is 0.667. The fourth-order valence-electron chi connectivity index (χ4n) is 4.17. The molecule has 2 aliphatic rings. The number of ether oxygens (including phenoxy) is 2. The molecule has 2 aliphatic heterocycles. The van der Waals surface area contributed by atoms with Crippen molar-refractivity contribution in [2.24, 2.45) is 0 Å². The normalized spacial score (nSPS) is 21.8. The molecular weight excluding hydrogens is 410 g/mol. The Kier molecular flexibility index (Phi) is 7.67. The van der Waals surface area contributed by atoms with E-state index in [2.05, 4.69) is 11.8 Å². The minimum atomic E-state index is -0.844. The summed E-state index contributed by atoms with van der Waals surface area (Å²) in [6, 6.07) is 9.76. The Balaban J connectivity index is 1.44. The van der Waals surface area contributed by atoms with E-state index < -0.39 is 11.2 Å². The van der Waals surface area contributed by atoms with Crippen LogP contribution in [0.25, 0.3) is 0 Å². The zero-order chi connectivity index (χ0) is 23.4. The molecule has 0 aromatic heterocycles. The summed E-state index contributed by atoms with van der Waals surface area (Å²) in [4.78, 5) is 30.4. The highest BCUT2D eigenvalue weighted by Crippen LogP contribution is 2.26. The van der Waals surface area contributed by atoms with E-state index in [1.54, 1.807) is 9.80 Å². The first-order valence-corrected chi connectivity index (χ1v) is 11.4. The third-order valence-corrected chi connectivity index (χ3v) is 6.07. The summed E-state index contributed by atoms with van der Waals surface area (Å²) < 4.78 is 10.9. The second-order valence-electron chi connectivity index (χ2n) is 10.00. The zero-order valence-electron chi connectivity index (χ0n) is 19.7. The standard InChI is InChI=1S/C24H37N3O5/c1-19-16-26(21(28)31-17-20-8-6-5-7-9-20)14-15-27(19)18-24(30)10-12-25(13-11-24)22(29)32-23(2,3)4/h5-9,19,30H,10-18H2,1-4H3/t19-/m0/s1. The molecule has 3 rings (SSSR count). The van der Waals surface area contributed by atoms with Crippen LogP contribution < -0.4 is 0 Å². The Morgan fingerprint density at radius 2 is 1.69 bits per heavy atom. The highest BCUT2D eigenvalue weighted by Gasteiger charge is 2.39. The van der Waals surface area contributed by atoms with Crippen molar-refractivity contribution in [3.63, 3.8) is 0 Å². The van der Waals surface area contributed by atoms with Gasteiger partial charge in [-0.05, 0) is 46.1 Å². The van der Waals surface area contributed by atoms with Gasteiger partial charge in [0.2, 0.25) is 0 Å². The number of hydrogen-bond donors (Lipinski definition) is 1. The predicted molar refractivity (Wildman–Crippen MR) is 121 cm³/mol. The molecule has 8 heteroatoms. The number of nitrogens with zero attached hydrogens (tertiary/aromatic N) is 3. The molecule has 0 aliphatic carbocycles. The molecule has 2 saturated heterocycles. The predicted octanol–water partition coefficient (Wildman–Crippen LogP) is 3.09. The van der Waals surface area contributed by atoms with Gasteiger partial charge in [-0.1, -0.05) is 30.3 Å². The third-order valence-electron chi connectivity index (χ3n) is 6.07. The second-order valence-corrected chi connectivity index (χ2v) is 10.00. The van der Waals surface area contributed by atoms with E-state index in [4.69, 9.17) is 9.47 Å². The van der Waals surface area contributed by atoms with E-state index in [9.17, 15) is 14.7 Å². The molecule has 1 aromatic rings. The monoisotopic (exact) mass is 447 g/mol. The van der Waals surface area contributed by atoms with Gasteiger partial charge in [0.15, 0.2) is 0 Å². The number of likely N-dealkylation sites (tertiary alicyclic amines) is 1. The van der Waals surface area contributed by atoms with Crippen molar-refractivity contribution in [2.75, 3.05) is 39.3 Å². The maximum atomic E-state index is 12.5. The first kappa shape index (κ1) is 24.3. The van der Waals surface area contributed by atoms with Crippen LogP contribution in [0.15, 0.2) is 30.3 Å². The topological polar surface area (TPSA) is 82.6 Å². The van der Waals surface area contributed by atoms with Crippen molar-refractivity contribution in [3.05, 3.63) is 35.9 Å². The number of hydrogen-bond acceptors (Lipinski definition) is 6. The Bertz CT molecular complexity index is 772. The maximum absolute atomic E-state index is 12.5. The largest absolute Gasteiger partial charge is 0.445 e. The van der Waals surface area contributed by atoms with E-state index in [-0.39, 0.29) is 24.8 Å². The molecule has 1 aromatic carbocycles. The van der Waals surface area contributed by atoms with Crippen molar-refractivity contribution in [1.82, 2.24) is 14.7 Å². The number of carbonyl (C=O) groups is 2. The van der Waals surface area contributed by atoms with Gasteiger partial charge in [-0.3, -0.25) is 4.90 Å². The molecule has 2 heterocycles. The quantitative estimate of drug-likeness (QED) is 0.764. The van der Waals surface area contributed by atoms with Gasteiger partial charge in [0, 0.05) is 45.3 Å². The number of piperidine rings is 1. The van der Waals surface area contributed by atoms with Crippen molar-refractivity contribution >= 4 is 12.2 Å². The minimum absolute atomic E-state index is 0.112. The molecular formula is C24H37N3O5. The molecule has 0 radical (unpaired) electrons. The van der Waals surface area contributed by atoms with Gasteiger partial charge in [0.1, 0.15) is 12.2 Å². The summed E-state index contributed by atoms with van der Waals surface area (Å²) in [6.45, 7) is 11.2. The van der Waals surface area contributed by atoms with Crippen molar-refractivity contribution < 1.29 is 24.2 Å². The van der Waals surface area contributed by atoms with Crippen LogP contribution in [0.4, 0.5) is 9.59 Å². The van der Waals surface area contributed by atoms with E-state index in [1.165, 1.54) is 0 Å². The summed E-state index contributed by atoms with van der Waals surface area (Å²) in [7, 11) is 0. The SMILES string of the molecule is C[C@H]1CN(C(=O)OCc2ccccc2)CCN1CC1(O)CCN(C(=O)OC(C)(C)C)CC1. The molecule has 8 nitrogen and oxygen atoms in total. The number of carbonyl (C=O) groups excluding carboxylic acids is 2. The second kappa shape index (κ2) is 10.1. The lowest BCUT2D eigenvalue weighted by molar-refractivity contribution is -0.0640. The molecule has 0 unspecified atom stereocenters. The number of benzene rings is 1. The lowest BCUT2D eigenvalue weighted by atomic mass is 9.90. The Hall–Kier alpha value is -2.32. The Morgan fingerprint density at radius 3 is 2.28 bits per heavy atom. The number of β-amino-alcohol motifs (C(OH)–C–C–N with tert-alkyl or cyclic N) is 1. The van der Waals surface area contributed by atoms with Gasteiger partial charge in [-0.15, -0.1) is 0 Å². The smallest absolute Gasteiger partial charge is 0.410 e. The zero-order valence-corrected chi connectivity index (χ0v) is 19.7. The minimum Gasteiger partial charge on any atom is -0.445 e. The highest BCUT2D eigenvalue weighted by atomic mass is 16.6. The van der Waals surface area contributed by atoms with Gasteiger partial charge in [0.05, 0.1) is 5.60 Å². The summed E-state index contributed by atoms with van der Waals surface area (Å²) in [6.07, 6.45) is 0.400. The summed E-state index contributed by atoms with van der Waals surface area (Å²) in [5.74, 6) is 0. The average molecular weight is 448 g/mol. The van der Waals surface area contributed by atoms with Crippen LogP contribution >= 0.6 is 0 Å². The molecule has 2 amide bonds. The van der Waals surface area contributed by atoms with Crippen molar-refractivity contribution in [1.29, 1.82) is 0 Å². The van der Waals surface area contributed by atoms with Crippen LogP contribution in [-0.4, -0.2) is 88.5 Å². The van der Waals surface area contributed by atoms with E-state index in [0.29, 0.717) is 52.1 Å². The van der Waals surface area contributed by atoms with Gasteiger partial charge in [-0.2, -0.15) is 0 Å². The van der Waals surface area contributed by atoms with Gasteiger partial charge in [-0.25, -0.2) is 9.59 Å². The van der Waals surface area contributed by atoms with Gasteiger partial charge < -0.3 is 24.4 Å². The van der Waals surface area contributed by atoms with E-state index in [1.807, 2.05) is 51.1 Å². The van der Waals surface area contributed by atoms with Crippen molar-refractivity contribution in [2.45, 2.75) is 64.4 Å². The fourth-order valence-corrected chi connectivity index (χ4v) is 4.17. The lowest BCUT2D eigenvalue weighted by Crippen LogP contribution is -2.59. The molecule has 32 heavy (non-hydrogen) atoms. The summed E-state index contributed by atoms with van der Waals surface area (Å²) in [5, 5.41) is 11.1. The number of amides is 2. The first-order chi connectivity index (χ1) is 15.0. The van der Waals surface area contributed by atoms with Crippen LogP contribution in [0.1, 0.15) is 46.1 Å². The van der Waals surface area contributed by atoms with Crippen molar-refractivity contribution in [3.8, 4) is 0 Å². The van der Waals surface area contributed by atoms with Gasteiger partial charge >= 0.3 is 12.2 Å². The summed E-state index contributed by atoms with van der Waals surface area (Å²) >= 11 is 0. The third kappa shape index (κ3) is 6.84. The number of rotatable bonds is 4. The van der Waals surface area contributed by atoms with Crippen LogP contribution in [0.2, 0.25) is 0 Å². The Morgan fingerprint density at radius 1 is 1.03 bits per heavy atom. The lowest BCUT2D eigenvalue weighted by Gasteiger charge is -2.45. The average Bonchev–Trinajstić information content (AvgIpc) is 2.73. The molecule has 1 N–H and O–H groups in total. The number of aliphatic hydroxyl groups is 1. The summed E-state index contributed by atoms with van der Waals surface area (Å²) in [5.41, 5.74) is -0.405. The van der Waals surface area contributed by atoms with Crippen LogP contribution in [-0.2, 0) is 16.1 Å². The molecule has 1 atom stereocenters. The molecule has 0 bridgehead atoms. The molecule has 178 valence electrons. The van der Waals surface area contributed by atoms with E-state index in [0.717, 1.165) is 5.56 Å². The molecule has 0 saturated carbocycles. The molecule has 2 fully saturated rings. The highest BCUT2D eigenvalue weighted by molar-refractivity contribution is 5.68. The maximum Gasteiger partial charge on any atom is 0.410 e. The Labute approximate surface area is 191 Å². The van der Waals surface area contributed by atoms with E-state index >= 15 is 0 Å². The molecule has 0 spiro atoms. The number of piperazine rings is 1. The first-order valence-electron chi connectivity index (χ1n) is 11.4. The van der Waals surface area contributed by atoms with Crippen LogP contribution in [0, 0.1) is 0 Å². The van der Waals surface area contributed by atoms with Crippen LogP contribution in [0.3, 0.4) is 0 Å².